The Morgan fingerprint density at radius 1 is 1.38 bits per heavy atom. The Balaban J connectivity index is 1.60. The van der Waals surface area contributed by atoms with E-state index in [4.69, 9.17) is 4.74 Å². The van der Waals surface area contributed by atoms with Crippen LogP contribution in [0.1, 0.15) is 5.56 Å². The Kier molecular flexibility index (Phi) is 4.94. The van der Waals surface area contributed by atoms with Crippen LogP contribution in [0.3, 0.4) is 0 Å². The summed E-state index contributed by atoms with van der Waals surface area (Å²) in [6, 6.07) is 7.23. The number of hydrogen-bond donors (Lipinski definition) is 1. The zero-order chi connectivity index (χ0) is 16.9. The van der Waals surface area contributed by atoms with E-state index in [2.05, 4.69) is 20.8 Å². The fraction of sp³-hybridized carbons (Fsp3) is 0.357. The molecule has 0 radical (unpaired) electrons. The molecule has 10 heteroatoms. The average Bonchev–Trinajstić information content (AvgIpc) is 3.22. The van der Waals surface area contributed by atoms with Gasteiger partial charge >= 0.3 is 6.03 Å². The van der Waals surface area contributed by atoms with Crippen LogP contribution in [0.2, 0.25) is 0 Å². The van der Waals surface area contributed by atoms with E-state index in [1.54, 1.807) is 11.8 Å². The van der Waals surface area contributed by atoms with Gasteiger partial charge in [0.05, 0.1) is 19.4 Å². The van der Waals surface area contributed by atoms with Gasteiger partial charge in [-0.15, -0.1) is 5.10 Å². The van der Waals surface area contributed by atoms with E-state index in [9.17, 15) is 9.59 Å². The van der Waals surface area contributed by atoms with E-state index in [0.717, 1.165) is 11.3 Å². The normalized spacial score (nSPS) is 13.9. The Morgan fingerprint density at radius 2 is 2.17 bits per heavy atom. The number of nitrogens with one attached hydrogen (secondary N) is 1. The molecule has 1 aliphatic rings. The molecule has 1 N–H and O–H groups in total. The molecule has 1 fully saturated rings. The molecule has 9 nitrogen and oxygen atoms in total. The van der Waals surface area contributed by atoms with Crippen molar-refractivity contribution in [3.63, 3.8) is 0 Å². The quantitative estimate of drug-likeness (QED) is 0.753. The highest BCUT2D eigenvalue weighted by molar-refractivity contribution is 7.99. The zero-order valence-corrected chi connectivity index (χ0v) is 13.8. The number of nitrogens with zero attached hydrogens (tertiary/aromatic N) is 5. The Hall–Kier alpha value is -2.62. The van der Waals surface area contributed by atoms with Crippen LogP contribution < -0.4 is 10.1 Å². The van der Waals surface area contributed by atoms with Crippen molar-refractivity contribution < 1.29 is 14.3 Å². The topological polar surface area (TPSA) is 102 Å². The van der Waals surface area contributed by atoms with Crippen LogP contribution in [-0.4, -0.2) is 63.0 Å². The third-order valence-electron chi connectivity index (χ3n) is 3.47. The maximum atomic E-state index is 12.0. The van der Waals surface area contributed by atoms with E-state index < -0.39 is 0 Å². The molecule has 2 aromatic rings. The minimum atomic E-state index is -0.349. The minimum Gasteiger partial charge on any atom is -0.497 e. The lowest BCUT2D eigenvalue weighted by Crippen LogP contribution is -2.35. The minimum absolute atomic E-state index is 0.108. The van der Waals surface area contributed by atoms with Crippen molar-refractivity contribution in [3.8, 4) is 5.75 Å². The summed E-state index contributed by atoms with van der Waals surface area (Å²) in [4.78, 5) is 24.7. The zero-order valence-electron chi connectivity index (χ0n) is 13.0. The molecule has 2 heterocycles. The standard InChI is InChI=1S/C14H16N6O3S/c1-23-11-4-2-10(3-5-11)8-20-14(16-17-18-20)24-9-12(21)19-7-6-15-13(19)22/h2-5H,6-9H2,1H3,(H,15,22). The number of hydrogen-bond acceptors (Lipinski definition) is 7. The van der Waals surface area contributed by atoms with Gasteiger partial charge in [0.15, 0.2) is 0 Å². The lowest BCUT2D eigenvalue weighted by Gasteiger charge is -2.11. The molecule has 1 aliphatic heterocycles. The molecule has 0 bridgehead atoms. The molecule has 24 heavy (non-hydrogen) atoms. The van der Waals surface area contributed by atoms with Crippen molar-refractivity contribution in [1.29, 1.82) is 0 Å². The van der Waals surface area contributed by atoms with E-state index in [1.165, 1.54) is 16.7 Å². The van der Waals surface area contributed by atoms with Gasteiger partial charge in [-0.1, -0.05) is 23.9 Å². The molecule has 1 aromatic carbocycles. The van der Waals surface area contributed by atoms with Gasteiger partial charge in [0.1, 0.15) is 5.75 Å². The van der Waals surface area contributed by atoms with Crippen molar-refractivity contribution in [3.05, 3.63) is 29.8 Å². The number of carbonyl (C=O) groups excluding carboxylic acids is 2. The first kappa shape index (κ1) is 16.2. The van der Waals surface area contributed by atoms with Crippen LogP contribution in [0.4, 0.5) is 4.79 Å². The molecular weight excluding hydrogens is 332 g/mol. The number of tetrazole rings is 1. The number of thioether (sulfide) groups is 1. The van der Waals surface area contributed by atoms with Gasteiger partial charge in [0, 0.05) is 13.1 Å². The average molecular weight is 348 g/mol. The smallest absolute Gasteiger partial charge is 0.324 e. The molecule has 0 atom stereocenters. The second-order valence-electron chi connectivity index (χ2n) is 5.03. The van der Waals surface area contributed by atoms with Crippen molar-refractivity contribution >= 4 is 23.7 Å². The summed E-state index contributed by atoms with van der Waals surface area (Å²) in [7, 11) is 1.61. The van der Waals surface area contributed by atoms with Crippen molar-refractivity contribution in [2.45, 2.75) is 11.7 Å². The van der Waals surface area contributed by atoms with Crippen LogP contribution >= 0.6 is 11.8 Å². The van der Waals surface area contributed by atoms with Crippen LogP contribution in [0.5, 0.6) is 5.75 Å². The number of urea groups is 1. The highest BCUT2D eigenvalue weighted by Crippen LogP contribution is 2.17. The van der Waals surface area contributed by atoms with Gasteiger partial charge in [-0.2, -0.15) is 0 Å². The predicted octanol–water partition coefficient (Wildman–Crippen LogP) is 0.374. The number of carbonyl (C=O) groups is 2. The number of rotatable bonds is 6. The number of imide groups is 1. The third-order valence-corrected chi connectivity index (χ3v) is 4.41. The fourth-order valence-corrected chi connectivity index (χ4v) is 2.97. The first-order valence-electron chi connectivity index (χ1n) is 7.27. The molecule has 1 saturated heterocycles. The predicted molar refractivity (Wildman–Crippen MR) is 85.7 cm³/mol. The second-order valence-corrected chi connectivity index (χ2v) is 5.98. The Labute approximate surface area is 142 Å². The third kappa shape index (κ3) is 3.65. The summed E-state index contributed by atoms with van der Waals surface area (Å²) < 4.78 is 6.74. The van der Waals surface area contributed by atoms with Crippen LogP contribution in [-0.2, 0) is 11.3 Å². The summed E-state index contributed by atoms with van der Waals surface area (Å²) in [5.74, 6) is 0.629. The van der Waals surface area contributed by atoms with Crippen LogP contribution in [0, 0.1) is 0 Å². The molecule has 0 unspecified atom stereocenters. The molecule has 0 aliphatic carbocycles. The number of amides is 3. The molecule has 3 rings (SSSR count). The highest BCUT2D eigenvalue weighted by Gasteiger charge is 2.26. The number of benzene rings is 1. The SMILES string of the molecule is COc1ccc(Cn2nnnc2SCC(=O)N2CCNC2=O)cc1. The summed E-state index contributed by atoms with van der Waals surface area (Å²) >= 11 is 1.21. The van der Waals surface area contributed by atoms with E-state index in [1.807, 2.05) is 24.3 Å². The maximum Gasteiger partial charge on any atom is 0.324 e. The lowest BCUT2D eigenvalue weighted by atomic mass is 10.2. The van der Waals surface area contributed by atoms with E-state index in [0.29, 0.717) is 24.8 Å². The van der Waals surface area contributed by atoms with Crippen molar-refractivity contribution in [2.24, 2.45) is 0 Å². The second kappa shape index (κ2) is 7.30. The molecule has 1 aromatic heterocycles. The van der Waals surface area contributed by atoms with Gasteiger partial charge in [0.2, 0.25) is 11.1 Å². The van der Waals surface area contributed by atoms with Crippen LogP contribution in [0.25, 0.3) is 0 Å². The van der Waals surface area contributed by atoms with Gasteiger partial charge < -0.3 is 10.1 Å². The lowest BCUT2D eigenvalue weighted by molar-refractivity contribution is -0.124. The van der Waals surface area contributed by atoms with Crippen LogP contribution in [0.15, 0.2) is 29.4 Å². The summed E-state index contributed by atoms with van der Waals surface area (Å²) in [6.45, 7) is 1.37. The fourth-order valence-electron chi connectivity index (χ4n) is 2.22. The maximum absolute atomic E-state index is 12.0. The largest absolute Gasteiger partial charge is 0.497 e. The molecule has 0 spiro atoms. The number of aromatic nitrogens is 4. The first-order chi connectivity index (χ1) is 11.7. The summed E-state index contributed by atoms with van der Waals surface area (Å²) in [5.41, 5.74) is 1.01. The monoisotopic (exact) mass is 348 g/mol. The summed E-state index contributed by atoms with van der Waals surface area (Å²) in [6.07, 6.45) is 0. The van der Waals surface area contributed by atoms with Crippen molar-refractivity contribution in [2.75, 3.05) is 26.0 Å². The Morgan fingerprint density at radius 3 is 2.83 bits per heavy atom. The number of methoxy groups -OCH3 is 1. The highest BCUT2D eigenvalue weighted by atomic mass is 32.2. The van der Waals surface area contributed by atoms with Gasteiger partial charge in [0.25, 0.3) is 0 Å². The Bertz CT molecular complexity index is 732. The molecular formula is C14H16N6O3S. The van der Waals surface area contributed by atoms with Crippen molar-refractivity contribution in [1.82, 2.24) is 30.4 Å². The van der Waals surface area contributed by atoms with E-state index in [-0.39, 0.29) is 17.7 Å². The van der Waals surface area contributed by atoms with E-state index >= 15 is 0 Å². The molecule has 3 amide bonds. The van der Waals surface area contributed by atoms with Gasteiger partial charge in [-0.3, -0.25) is 9.69 Å². The molecule has 126 valence electrons. The first-order valence-corrected chi connectivity index (χ1v) is 8.26. The number of ether oxygens (including phenoxy) is 1. The summed E-state index contributed by atoms with van der Waals surface area (Å²) in [5, 5.41) is 14.7. The van der Waals surface area contributed by atoms with Gasteiger partial charge in [-0.05, 0) is 28.1 Å². The molecule has 0 saturated carbocycles. The van der Waals surface area contributed by atoms with Gasteiger partial charge in [-0.25, -0.2) is 9.48 Å².